The molecule has 0 spiro atoms. The predicted molar refractivity (Wildman–Crippen MR) is 75.1 cm³/mol. The molecule has 0 saturated carbocycles. The summed E-state index contributed by atoms with van der Waals surface area (Å²) < 4.78 is 0. The van der Waals surface area contributed by atoms with Gasteiger partial charge in [-0.25, -0.2) is 0 Å². The van der Waals surface area contributed by atoms with E-state index < -0.39 is 0 Å². The second kappa shape index (κ2) is 12.1. The summed E-state index contributed by atoms with van der Waals surface area (Å²) in [5.41, 5.74) is 5.44. The first-order valence-electron chi connectivity index (χ1n) is 7.41. The number of nitrogens with two attached hydrogens (primary N) is 1. The molecule has 0 rings (SSSR count). The molecule has 0 atom stereocenters. The largest absolute Gasteiger partial charge is 0.330 e. The van der Waals surface area contributed by atoms with Crippen molar-refractivity contribution < 1.29 is 4.79 Å². The zero-order chi connectivity index (χ0) is 12.9. The second-order valence-corrected chi connectivity index (χ2v) is 5.34. The van der Waals surface area contributed by atoms with E-state index in [4.69, 9.17) is 5.73 Å². The Balaban J connectivity index is 3.06. The van der Waals surface area contributed by atoms with Gasteiger partial charge in [0.2, 0.25) is 0 Å². The Bertz CT molecular complexity index is 178. The van der Waals surface area contributed by atoms with Crippen LogP contribution >= 0.6 is 0 Å². The van der Waals surface area contributed by atoms with E-state index in [1.165, 1.54) is 51.4 Å². The van der Waals surface area contributed by atoms with Gasteiger partial charge in [0.05, 0.1) is 0 Å². The highest BCUT2D eigenvalue weighted by molar-refractivity contribution is 5.80. The van der Waals surface area contributed by atoms with E-state index in [0.29, 0.717) is 5.78 Å². The van der Waals surface area contributed by atoms with Crippen molar-refractivity contribution in [1.82, 2.24) is 0 Å². The number of hydrogen-bond acceptors (Lipinski definition) is 2. The van der Waals surface area contributed by atoms with Gasteiger partial charge < -0.3 is 5.73 Å². The average Bonchev–Trinajstić information content (AvgIpc) is 2.31. The molecule has 0 radical (unpaired) electrons. The monoisotopic (exact) mass is 241 g/mol. The number of unbranched alkanes of at least 4 members (excludes halogenated alkanes) is 8. The van der Waals surface area contributed by atoms with Gasteiger partial charge in [-0.2, -0.15) is 0 Å². The van der Waals surface area contributed by atoms with Crippen LogP contribution in [0.25, 0.3) is 0 Å². The van der Waals surface area contributed by atoms with E-state index in [2.05, 4.69) is 0 Å². The van der Waals surface area contributed by atoms with Crippen LogP contribution in [-0.4, -0.2) is 12.3 Å². The highest BCUT2D eigenvalue weighted by Gasteiger charge is 2.05. The third kappa shape index (κ3) is 11.9. The number of hydrogen-bond donors (Lipinski definition) is 1. The fourth-order valence-electron chi connectivity index (χ4n) is 1.97. The van der Waals surface area contributed by atoms with Crippen molar-refractivity contribution in [3.05, 3.63) is 0 Å². The molecule has 0 heterocycles. The quantitative estimate of drug-likeness (QED) is 0.523. The third-order valence-electron chi connectivity index (χ3n) is 3.27. The van der Waals surface area contributed by atoms with E-state index in [0.717, 1.165) is 19.4 Å². The lowest BCUT2D eigenvalue weighted by Gasteiger charge is -2.04. The molecule has 0 unspecified atom stereocenters. The molecule has 2 N–H and O–H groups in total. The maximum atomic E-state index is 11.4. The Labute approximate surface area is 107 Å². The molecule has 0 saturated heterocycles. The van der Waals surface area contributed by atoms with Gasteiger partial charge in [-0.05, 0) is 19.4 Å². The molecule has 0 aliphatic heterocycles. The van der Waals surface area contributed by atoms with Gasteiger partial charge in [-0.15, -0.1) is 0 Å². The van der Waals surface area contributed by atoms with Crippen molar-refractivity contribution in [1.29, 1.82) is 0 Å². The SMILES string of the molecule is CC(C)C(=O)CCCCCCCCCCCN. The highest BCUT2D eigenvalue weighted by Crippen LogP contribution is 2.11. The molecule has 0 aromatic rings. The second-order valence-electron chi connectivity index (χ2n) is 5.34. The normalized spacial score (nSPS) is 11.1. The number of carbonyl (C=O) groups excluding carboxylic acids is 1. The topological polar surface area (TPSA) is 43.1 Å². The minimum absolute atomic E-state index is 0.220. The van der Waals surface area contributed by atoms with Crippen molar-refractivity contribution in [2.24, 2.45) is 11.7 Å². The fraction of sp³-hybridized carbons (Fsp3) is 0.933. The molecule has 2 nitrogen and oxygen atoms in total. The van der Waals surface area contributed by atoms with Crippen LogP contribution in [-0.2, 0) is 4.79 Å². The van der Waals surface area contributed by atoms with Crippen LogP contribution in [0.2, 0.25) is 0 Å². The number of ketones is 1. The van der Waals surface area contributed by atoms with Crippen molar-refractivity contribution in [3.8, 4) is 0 Å². The van der Waals surface area contributed by atoms with Crippen LogP contribution in [0, 0.1) is 5.92 Å². The molecule has 2 heteroatoms. The summed E-state index contributed by atoms with van der Waals surface area (Å²) in [7, 11) is 0. The van der Waals surface area contributed by atoms with Gasteiger partial charge in [0.1, 0.15) is 5.78 Å². The standard InChI is InChI=1S/C15H31NO/c1-14(2)15(17)12-10-8-6-4-3-5-7-9-11-13-16/h14H,3-13,16H2,1-2H3. The molecule has 0 aromatic heterocycles. The van der Waals surface area contributed by atoms with Crippen molar-refractivity contribution in [2.45, 2.75) is 78.1 Å². The minimum atomic E-state index is 0.220. The predicted octanol–water partition coefficient (Wildman–Crippen LogP) is 4.07. The van der Waals surface area contributed by atoms with E-state index in [9.17, 15) is 4.79 Å². The van der Waals surface area contributed by atoms with Crippen LogP contribution in [0.5, 0.6) is 0 Å². The summed E-state index contributed by atoms with van der Waals surface area (Å²) in [6.45, 7) is 4.82. The van der Waals surface area contributed by atoms with Crippen LogP contribution in [0.1, 0.15) is 78.1 Å². The summed E-state index contributed by atoms with van der Waals surface area (Å²) in [5.74, 6) is 0.643. The molecular weight excluding hydrogens is 210 g/mol. The van der Waals surface area contributed by atoms with Gasteiger partial charge in [-0.3, -0.25) is 4.79 Å². The van der Waals surface area contributed by atoms with E-state index >= 15 is 0 Å². The lowest BCUT2D eigenvalue weighted by atomic mass is 10.0. The van der Waals surface area contributed by atoms with Crippen LogP contribution < -0.4 is 5.73 Å². The number of Topliss-reactive ketones (excluding diaryl/α,β-unsaturated/α-hetero) is 1. The fourth-order valence-corrected chi connectivity index (χ4v) is 1.97. The molecule has 0 bridgehead atoms. The lowest BCUT2D eigenvalue weighted by molar-refractivity contribution is -0.122. The molecule has 17 heavy (non-hydrogen) atoms. The molecule has 0 aromatic carbocycles. The first kappa shape index (κ1) is 16.6. The summed E-state index contributed by atoms with van der Waals surface area (Å²) in [6, 6.07) is 0. The minimum Gasteiger partial charge on any atom is -0.330 e. The molecule has 0 aliphatic rings. The number of rotatable bonds is 12. The van der Waals surface area contributed by atoms with Crippen molar-refractivity contribution in [3.63, 3.8) is 0 Å². The van der Waals surface area contributed by atoms with Crippen LogP contribution in [0.3, 0.4) is 0 Å². The zero-order valence-corrected chi connectivity index (χ0v) is 11.8. The summed E-state index contributed by atoms with van der Waals surface area (Å²) in [5, 5.41) is 0. The maximum Gasteiger partial charge on any atom is 0.135 e. The van der Waals surface area contributed by atoms with Crippen LogP contribution in [0.4, 0.5) is 0 Å². The number of carbonyl (C=O) groups is 1. The van der Waals surface area contributed by atoms with E-state index in [1.54, 1.807) is 0 Å². The van der Waals surface area contributed by atoms with Crippen molar-refractivity contribution in [2.75, 3.05) is 6.54 Å². The summed E-state index contributed by atoms with van der Waals surface area (Å²) in [4.78, 5) is 11.4. The maximum absolute atomic E-state index is 11.4. The lowest BCUT2D eigenvalue weighted by Crippen LogP contribution is -2.05. The molecule has 0 aliphatic carbocycles. The van der Waals surface area contributed by atoms with Gasteiger partial charge in [0.25, 0.3) is 0 Å². The van der Waals surface area contributed by atoms with Crippen LogP contribution in [0.15, 0.2) is 0 Å². The highest BCUT2D eigenvalue weighted by atomic mass is 16.1. The molecule has 0 fully saturated rings. The van der Waals surface area contributed by atoms with Gasteiger partial charge in [0, 0.05) is 12.3 Å². The first-order valence-corrected chi connectivity index (χ1v) is 7.41. The Morgan fingerprint density at radius 3 is 1.65 bits per heavy atom. The Hall–Kier alpha value is -0.370. The van der Waals surface area contributed by atoms with E-state index in [1.807, 2.05) is 13.8 Å². The van der Waals surface area contributed by atoms with Gasteiger partial charge >= 0.3 is 0 Å². The Morgan fingerprint density at radius 2 is 1.24 bits per heavy atom. The van der Waals surface area contributed by atoms with E-state index in [-0.39, 0.29) is 5.92 Å². The van der Waals surface area contributed by atoms with Gasteiger partial charge in [0.15, 0.2) is 0 Å². The smallest absolute Gasteiger partial charge is 0.135 e. The molecular formula is C15H31NO. The van der Waals surface area contributed by atoms with Crippen molar-refractivity contribution >= 4 is 5.78 Å². The summed E-state index contributed by atoms with van der Waals surface area (Å²) >= 11 is 0. The molecule has 0 amide bonds. The third-order valence-corrected chi connectivity index (χ3v) is 3.27. The Kier molecular flexibility index (Phi) is 11.8. The summed E-state index contributed by atoms with van der Waals surface area (Å²) in [6.07, 6.45) is 12.2. The zero-order valence-electron chi connectivity index (χ0n) is 11.8. The Morgan fingerprint density at radius 1 is 0.824 bits per heavy atom. The first-order chi connectivity index (χ1) is 8.18. The molecule has 102 valence electrons. The van der Waals surface area contributed by atoms with Gasteiger partial charge in [-0.1, -0.05) is 58.8 Å². The average molecular weight is 241 g/mol.